The fourth-order valence-corrected chi connectivity index (χ4v) is 2.83. The summed E-state index contributed by atoms with van der Waals surface area (Å²) in [5.41, 5.74) is 1.50. The number of primary sulfonamides is 1. The molecule has 8 heteroatoms. The maximum atomic E-state index is 11.9. The molecule has 2 rings (SSSR count). The van der Waals surface area contributed by atoms with Crippen LogP contribution in [0.2, 0.25) is 0 Å². The van der Waals surface area contributed by atoms with E-state index < -0.39 is 10.0 Å². The van der Waals surface area contributed by atoms with Gasteiger partial charge in [0.2, 0.25) is 10.0 Å². The zero-order chi connectivity index (χ0) is 14.8. The van der Waals surface area contributed by atoms with E-state index in [0.717, 1.165) is 5.01 Å². The smallest absolute Gasteiger partial charge is 0.275 e. The number of amides is 1. The number of nitrogens with zero attached hydrogens (tertiary/aromatic N) is 1. The Bertz CT molecular complexity index is 721. The van der Waals surface area contributed by atoms with E-state index in [1.807, 2.05) is 6.92 Å². The molecule has 0 saturated carbocycles. The highest BCUT2D eigenvalue weighted by molar-refractivity contribution is 7.88. The number of thiazole rings is 1. The monoisotopic (exact) mass is 311 g/mol. The Morgan fingerprint density at radius 3 is 2.50 bits per heavy atom. The molecule has 6 nitrogen and oxygen atoms in total. The summed E-state index contributed by atoms with van der Waals surface area (Å²) in [5, 5.41) is 10.1. The molecule has 1 amide bonds. The second-order valence-corrected chi connectivity index (χ2v) is 6.89. The number of hydrogen-bond acceptors (Lipinski definition) is 5. The average molecular weight is 311 g/mol. The van der Waals surface area contributed by atoms with Gasteiger partial charge < -0.3 is 5.32 Å². The predicted molar refractivity (Wildman–Crippen MR) is 78.1 cm³/mol. The second-order valence-electron chi connectivity index (χ2n) is 4.21. The molecule has 0 bridgehead atoms. The number of anilines is 1. The number of nitrogens with one attached hydrogen (secondary N) is 1. The molecule has 0 fully saturated rings. The van der Waals surface area contributed by atoms with E-state index >= 15 is 0 Å². The van der Waals surface area contributed by atoms with Gasteiger partial charge in [-0.25, -0.2) is 18.5 Å². The van der Waals surface area contributed by atoms with Crippen LogP contribution < -0.4 is 10.5 Å². The van der Waals surface area contributed by atoms with Gasteiger partial charge in [0.05, 0.1) is 10.8 Å². The van der Waals surface area contributed by atoms with Crippen LogP contribution in [0.1, 0.15) is 21.1 Å². The number of hydrogen-bond donors (Lipinski definition) is 2. The highest BCUT2D eigenvalue weighted by atomic mass is 32.2. The maximum absolute atomic E-state index is 11.9. The van der Waals surface area contributed by atoms with Crippen LogP contribution in [0.15, 0.2) is 29.6 Å². The first-order chi connectivity index (χ1) is 9.33. The molecular weight excluding hydrogens is 298 g/mol. The minimum atomic E-state index is -3.55. The van der Waals surface area contributed by atoms with Crippen molar-refractivity contribution in [2.75, 3.05) is 5.32 Å². The highest BCUT2D eigenvalue weighted by Crippen LogP contribution is 2.14. The first-order valence-electron chi connectivity index (χ1n) is 5.66. The number of aryl methyl sites for hydroxylation is 1. The third-order valence-corrected chi connectivity index (χ3v) is 3.94. The topological polar surface area (TPSA) is 102 Å². The van der Waals surface area contributed by atoms with Crippen molar-refractivity contribution in [1.29, 1.82) is 0 Å². The Hall–Kier alpha value is -1.77. The summed E-state index contributed by atoms with van der Waals surface area (Å²) < 4.78 is 21.9. The molecule has 0 radical (unpaired) electrons. The summed E-state index contributed by atoms with van der Waals surface area (Å²) in [7, 11) is -3.55. The molecule has 0 aliphatic heterocycles. The van der Waals surface area contributed by atoms with Crippen molar-refractivity contribution in [1.82, 2.24) is 4.98 Å². The summed E-state index contributed by atoms with van der Waals surface area (Å²) >= 11 is 1.40. The fourth-order valence-electron chi connectivity index (χ4n) is 1.58. The Morgan fingerprint density at radius 2 is 2.00 bits per heavy atom. The van der Waals surface area contributed by atoms with Gasteiger partial charge in [-0.1, -0.05) is 12.1 Å². The van der Waals surface area contributed by atoms with Gasteiger partial charge in [0.25, 0.3) is 5.91 Å². The van der Waals surface area contributed by atoms with E-state index in [4.69, 9.17) is 5.14 Å². The van der Waals surface area contributed by atoms with Gasteiger partial charge in [-0.2, -0.15) is 0 Å². The van der Waals surface area contributed by atoms with Gasteiger partial charge >= 0.3 is 0 Å². The van der Waals surface area contributed by atoms with Crippen molar-refractivity contribution in [3.63, 3.8) is 0 Å². The van der Waals surface area contributed by atoms with Crippen molar-refractivity contribution in [2.24, 2.45) is 5.14 Å². The molecule has 0 saturated heterocycles. The third kappa shape index (κ3) is 4.12. The van der Waals surface area contributed by atoms with Crippen LogP contribution in [-0.2, 0) is 15.8 Å². The van der Waals surface area contributed by atoms with Gasteiger partial charge in [0.1, 0.15) is 5.69 Å². The molecule has 2 aromatic rings. The van der Waals surface area contributed by atoms with Gasteiger partial charge in [-0.05, 0) is 24.6 Å². The van der Waals surface area contributed by atoms with Gasteiger partial charge in [-0.15, -0.1) is 11.3 Å². The number of nitrogens with two attached hydrogens (primary N) is 1. The van der Waals surface area contributed by atoms with E-state index in [-0.39, 0.29) is 11.7 Å². The van der Waals surface area contributed by atoms with Crippen molar-refractivity contribution in [3.8, 4) is 0 Å². The predicted octanol–water partition coefficient (Wildman–Crippen LogP) is 1.49. The number of carbonyl (C=O) groups excluding carboxylic acids is 1. The first-order valence-corrected chi connectivity index (χ1v) is 8.26. The van der Waals surface area contributed by atoms with Crippen LogP contribution in [0, 0.1) is 6.92 Å². The van der Waals surface area contributed by atoms with Gasteiger partial charge in [0, 0.05) is 11.1 Å². The quantitative estimate of drug-likeness (QED) is 0.893. The molecule has 106 valence electrons. The van der Waals surface area contributed by atoms with E-state index in [9.17, 15) is 13.2 Å². The number of rotatable bonds is 4. The van der Waals surface area contributed by atoms with Crippen LogP contribution >= 0.6 is 11.3 Å². The summed E-state index contributed by atoms with van der Waals surface area (Å²) in [4.78, 5) is 15.9. The molecular formula is C12H13N3O3S2. The van der Waals surface area contributed by atoms with Crippen molar-refractivity contribution in [3.05, 3.63) is 45.9 Å². The summed E-state index contributed by atoms with van der Waals surface area (Å²) in [6, 6.07) is 6.45. The molecule has 1 aromatic carbocycles. The molecule has 0 atom stereocenters. The first kappa shape index (κ1) is 14.6. The molecule has 1 heterocycles. The second kappa shape index (κ2) is 5.70. The normalized spacial score (nSPS) is 11.3. The minimum Gasteiger partial charge on any atom is -0.321 e. The van der Waals surface area contributed by atoms with Crippen LogP contribution in [0.3, 0.4) is 0 Å². The lowest BCUT2D eigenvalue weighted by molar-refractivity contribution is 0.102. The maximum Gasteiger partial charge on any atom is 0.275 e. The SMILES string of the molecule is Cc1nc(C(=O)Nc2ccc(CS(N)(=O)=O)cc2)cs1. The number of aromatic nitrogens is 1. The van der Waals surface area contributed by atoms with Crippen LogP contribution in [0.4, 0.5) is 5.69 Å². The molecule has 0 spiro atoms. The molecule has 0 aliphatic rings. The third-order valence-electron chi connectivity index (χ3n) is 2.43. The summed E-state index contributed by atoms with van der Waals surface area (Å²) in [6.07, 6.45) is 0. The Labute approximate surface area is 120 Å². The summed E-state index contributed by atoms with van der Waals surface area (Å²) in [6.45, 7) is 1.82. The lowest BCUT2D eigenvalue weighted by atomic mass is 10.2. The van der Waals surface area contributed by atoms with Gasteiger partial charge in [-0.3, -0.25) is 4.79 Å². The Balaban J connectivity index is 2.06. The number of carbonyl (C=O) groups is 1. The molecule has 3 N–H and O–H groups in total. The van der Waals surface area contributed by atoms with Crippen LogP contribution in [-0.4, -0.2) is 19.3 Å². The Morgan fingerprint density at radius 1 is 1.35 bits per heavy atom. The minimum absolute atomic E-state index is 0.230. The average Bonchev–Trinajstić information content (AvgIpc) is 2.77. The van der Waals surface area contributed by atoms with Crippen LogP contribution in [0.5, 0.6) is 0 Å². The molecule has 0 aliphatic carbocycles. The number of benzene rings is 1. The van der Waals surface area contributed by atoms with E-state index in [1.54, 1.807) is 29.6 Å². The van der Waals surface area contributed by atoms with Crippen molar-refractivity contribution in [2.45, 2.75) is 12.7 Å². The Kier molecular flexibility index (Phi) is 4.17. The van der Waals surface area contributed by atoms with E-state index in [1.165, 1.54) is 11.3 Å². The standard InChI is InChI=1S/C12H13N3O3S2/c1-8-14-11(6-19-8)12(16)15-10-4-2-9(3-5-10)7-20(13,17)18/h2-6H,7H2,1H3,(H,15,16)(H2,13,17,18). The highest BCUT2D eigenvalue weighted by Gasteiger charge is 2.10. The van der Waals surface area contributed by atoms with E-state index in [2.05, 4.69) is 10.3 Å². The van der Waals surface area contributed by atoms with Crippen molar-refractivity contribution >= 4 is 33.0 Å². The lowest BCUT2D eigenvalue weighted by Gasteiger charge is -2.04. The van der Waals surface area contributed by atoms with Gasteiger partial charge in [0.15, 0.2) is 0 Å². The summed E-state index contributed by atoms with van der Waals surface area (Å²) in [5.74, 6) is -0.527. The molecule has 20 heavy (non-hydrogen) atoms. The zero-order valence-electron chi connectivity index (χ0n) is 10.7. The van der Waals surface area contributed by atoms with Crippen LogP contribution in [0.25, 0.3) is 0 Å². The lowest BCUT2D eigenvalue weighted by Crippen LogP contribution is -2.15. The van der Waals surface area contributed by atoms with Crippen molar-refractivity contribution < 1.29 is 13.2 Å². The fraction of sp³-hybridized carbons (Fsp3) is 0.167. The van der Waals surface area contributed by atoms with E-state index in [0.29, 0.717) is 16.9 Å². The zero-order valence-corrected chi connectivity index (χ0v) is 12.3. The molecule has 1 aromatic heterocycles. The number of sulfonamides is 1. The molecule has 0 unspecified atom stereocenters. The largest absolute Gasteiger partial charge is 0.321 e.